The van der Waals surface area contributed by atoms with Crippen molar-refractivity contribution in [1.82, 2.24) is 19.3 Å². The first-order valence-electron chi connectivity index (χ1n) is 17.9. The van der Waals surface area contributed by atoms with Crippen molar-refractivity contribution in [2.45, 2.75) is 79.6 Å². The summed E-state index contributed by atoms with van der Waals surface area (Å²) in [5.41, 5.74) is 9.82. The summed E-state index contributed by atoms with van der Waals surface area (Å²) >= 11 is 0. The Labute approximate surface area is 290 Å². The highest BCUT2D eigenvalue weighted by Gasteiger charge is 2.33. The fraction of sp³-hybridized carbons (Fsp3) is 0.349. The smallest absolute Gasteiger partial charge is 0.141 e. The maximum absolute atomic E-state index is 6.70. The van der Waals surface area contributed by atoms with E-state index in [1.54, 1.807) is 13.3 Å². The van der Waals surface area contributed by atoms with Crippen LogP contribution in [0.2, 0.25) is 0 Å². The zero-order chi connectivity index (χ0) is 34.2. The summed E-state index contributed by atoms with van der Waals surface area (Å²) in [6.45, 7) is 13.8. The normalized spacial score (nSPS) is 17.9. The van der Waals surface area contributed by atoms with Gasteiger partial charge in [0.25, 0.3) is 0 Å². The predicted octanol–water partition coefficient (Wildman–Crippen LogP) is 11.1. The van der Waals surface area contributed by atoms with Crippen molar-refractivity contribution < 1.29 is 9.47 Å². The molecule has 0 bridgehead atoms. The van der Waals surface area contributed by atoms with Crippen LogP contribution in [0, 0.1) is 18.8 Å². The molecule has 3 aromatic carbocycles. The van der Waals surface area contributed by atoms with Gasteiger partial charge in [-0.1, -0.05) is 64.0 Å². The summed E-state index contributed by atoms with van der Waals surface area (Å²) in [7, 11) is 1.68. The van der Waals surface area contributed by atoms with Gasteiger partial charge in [0.1, 0.15) is 23.1 Å². The monoisotopic (exact) mass is 652 g/mol. The lowest BCUT2D eigenvalue weighted by Gasteiger charge is -2.33. The molecule has 6 heteroatoms. The minimum atomic E-state index is 0.407. The van der Waals surface area contributed by atoms with Crippen molar-refractivity contribution in [2.75, 3.05) is 7.11 Å². The molecule has 0 radical (unpaired) electrons. The Kier molecular flexibility index (Phi) is 9.06. The number of aromatic nitrogens is 4. The van der Waals surface area contributed by atoms with Crippen LogP contribution < -0.4 is 9.47 Å². The zero-order valence-corrected chi connectivity index (χ0v) is 30.0. The van der Waals surface area contributed by atoms with E-state index in [1.807, 2.05) is 12.1 Å². The number of aryl methyl sites for hydroxylation is 2. The Balaban J connectivity index is 1.32. The average Bonchev–Trinajstić information content (AvgIpc) is 3.62. The van der Waals surface area contributed by atoms with Crippen LogP contribution in [0.1, 0.15) is 82.3 Å². The maximum Gasteiger partial charge on any atom is 0.141 e. The van der Waals surface area contributed by atoms with Crippen LogP contribution in [0.25, 0.3) is 33.3 Å². The lowest BCUT2D eigenvalue weighted by Crippen LogP contribution is -2.21. The first kappa shape index (κ1) is 32.7. The van der Waals surface area contributed by atoms with E-state index >= 15 is 0 Å². The predicted molar refractivity (Wildman–Crippen MR) is 201 cm³/mol. The molecule has 49 heavy (non-hydrogen) atoms. The lowest BCUT2D eigenvalue weighted by molar-refractivity contribution is 0.389. The van der Waals surface area contributed by atoms with Gasteiger partial charge in [0.2, 0.25) is 0 Å². The number of ether oxygens (including phenoxy) is 2. The molecule has 3 aromatic heterocycles. The van der Waals surface area contributed by atoms with E-state index in [2.05, 4.69) is 118 Å². The number of fused-ring (bicyclic) bond motifs is 3. The van der Waals surface area contributed by atoms with Gasteiger partial charge in [0, 0.05) is 52.3 Å². The number of nitrogens with zero attached hydrogens (tertiary/aromatic N) is 4. The fourth-order valence-electron chi connectivity index (χ4n) is 8.19. The third-order valence-corrected chi connectivity index (χ3v) is 10.2. The van der Waals surface area contributed by atoms with Crippen LogP contribution in [0.15, 0.2) is 90.6 Å². The summed E-state index contributed by atoms with van der Waals surface area (Å²) in [5, 5.41) is 7.65. The van der Waals surface area contributed by atoms with E-state index in [0.717, 1.165) is 76.4 Å². The number of unbranched alkanes of at least 4 members (excludes halogenated alkanes) is 1. The molecule has 3 heterocycles. The van der Waals surface area contributed by atoms with E-state index in [9.17, 15) is 0 Å². The number of rotatable bonds is 10. The van der Waals surface area contributed by atoms with Gasteiger partial charge in [-0.3, -0.25) is 4.57 Å². The molecule has 252 valence electrons. The molecule has 1 aliphatic carbocycles. The van der Waals surface area contributed by atoms with Crippen molar-refractivity contribution >= 4 is 21.8 Å². The third-order valence-electron chi connectivity index (χ3n) is 10.2. The van der Waals surface area contributed by atoms with Crippen molar-refractivity contribution in [3.05, 3.63) is 113 Å². The van der Waals surface area contributed by atoms with E-state index in [0.29, 0.717) is 17.8 Å². The molecule has 1 aliphatic rings. The van der Waals surface area contributed by atoms with Crippen LogP contribution in [-0.4, -0.2) is 26.4 Å². The van der Waals surface area contributed by atoms with Gasteiger partial charge in [-0.25, -0.2) is 9.67 Å². The Bertz CT molecular complexity index is 2170. The number of pyridine rings is 1. The summed E-state index contributed by atoms with van der Waals surface area (Å²) in [6, 6.07) is 25.1. The number of methoxy groups -OCH3 is 1. The van der Waals surface area contributed by atoms with Gasteiger partial charge >= 0.3 is 0 Å². The highest BCUT2D eigenvalue weighted by Crippen LogP contribution is 2.44. The molecule has 0 amide bonds. The molecule has 1 unspecified atom stereocenters. The first-order valence-corrected chi connectivity index (χ1v) is 17.9. The highest BCUT2D eigenvalue weighted by molar-refractivity contribution is 6.09. The molecule has 3 atom stereocenters. The van der Waals surface area contributed by atoms with E-state index in [-0.39, 0.29) is 0 Å². The second-order valence-electron chi connectivity index (χ2n) is 13.9. The lowest BCUT2D eigenvalue weighted by atomic mass is 9.72. The van der Waals surface area contributed by atoms with E-state index < -0.39 is 0 Å². The second kappa shape index (κ2) is 13.6. The fourth-order valence-corrected chi connectivity index (χ4v) is 8.19. The topological polar surface area (TPSA) is 54.1 Å². The molecule has 0 saturated heterocycles. The van der Waals surface area contributed by atoms with Crippen molar-refractivity contribution in [1.29, 1.82) is 0 Å². The van der Waals surface area contributed by atoms with Crippen molar-refractivity contribution in [2.24, 2.45) is 11.8 Å². The SMILES string of the molecule is CCCCc1c(C2C(C)=C[C@H](C)C[C@@H]2C)c(CC)nn1-c1cc(C)cc(Oc2ccc3c4ccccc4n(-c4cc(OC)ccn4)c3c2)c1. The minimum absolute atomic E-state index is 0.407. The molecule has 0 aliphatic heterocycles. The summed E-state index contributed by atoms with van der Waals surface area (Å²) in [6.07, 6.45) is 9.69. The Hall–Kier alpha value is -4.84. The Morgan fingerprint density at radius 1 is 0.857 bits per heavy atom. The maximum atomic E-state index is 6.70. The second-order valence-corrected chi connectivity index (χ2v) is 13.9. The largest absolute Gasteiger partial charge is 0.497 e. The van der Waals surface area contributed by atoms with Crippen molar-refractivity contribution in [3.63, 3.8) is 0 Å². The first-order chi connectivity index (χ1) is 23.8. The van der Waals surface area contributed by atoms with Gasteiger partial charge < -0.3 is 9.47 Å². The summed E-state index contributed by atoms with van der Waals surface area (Å²) in [5.74, 6) is 4.73. The highest BCUT2D eigenvalue weighted by atomic mass is 16.5. The number of benzene rings is 3. The van der Waals surface area contributed by atoms with Gasteiger partial charge in [0.05, 0.1) is 29.5 Å². The molecule has 0 N–H and O–H groups in total. The molecule has 6 nitrogen and oxygen atoms in total. The minimum Gasteiger partial charge on any atom is -0.497 e. The molecular weight excluding hydrogens is 604 g/mol. The molecular formula is C43H48N4O2. The van der Waals surface area contributed by atoms with Crippen LogP contribution >= 0.6 is 0 Å². The number of para-hydroxylation sites is 1. The number of allylic oxidation sites excluding steroid dienone is 2. The summed E-state index contributed by atoms with van der Waals surface area (Å²) < 4.78 is 16.7. The molecule has 7 rings (SSSR count). The van der Waals surface area contributed by atoms with Gasteiger partial charge in [-0.05, 0) is 93.3 Å². The Morgan fingerprint density at radius 2 is 1.67 bits per heavy atom. The van der Waals surface area contributed by atoms with Crippen LogP contribution in [0.4, 0.5) is 0 Å². The summed E-state index contributed by atoms with van der Waals surface area (Å²) in [4.78, 5) is 4.72. The quantitative estimate of drug-likeness (QED) is 0.138. The molecule has 0 fully saturated rings. The number of hydrogen-bond acceptors (Lipinski definition) is 4. The number of hydrogen-bond donors (Lipinski definition) is 0. The average molecular weight is 653 g/mol. The third kappa shape index (κ3) is 6.14. The van der Waals surface area contributed by atoms with Crippen LogP contribution in [0.5, 0.6) is 17.2 Å². The van der Waals surface area contributed by atoms with E-state index in [1.165, 1.54) is 34.3 Å². The zero-order valence-electron chi connectivity index (χ0n) is 30.0. The van der Waals surface area contributed by atoms with E-state index in [4.69, 9.17) is 19.6 Å². The van der Waals surface area contributed by atoms with Gasteiger partial charge in [0.15, 0.2) is 0 Å². The van der Waals surface area contributed by atoms with Crippen molar-refractivity contribution in [3.8, 4) is 28.8 Å². The molecule has 0 spiro atoms. The van der Waals surface area contributed by atoms with Gasteiger partial charge in [-0.2, -0.15) is 5.10 Å². The van der Waals surface area contributed by atoms with Crippen LogP contribution in [-0.2, 0) is 12.8 Å². The standard InChI is InChI=1S/C43H48N4O2/c1-8-10-14-39-43(42-29(5)20-27(3)21-30(42)6)37(9-2)45-47(39)31-22-28(4)23-34(24-31)49-33-16-17-36-35-13-11-12-15-38(35)46(40(36)25-33)41-26-32(48-7)18-19-44-41/h11-13,15-20,22-27,30,42H,8-10,14,21H2,1-7H3/t27-,30-,42?/m0/s1. The van der Waals surface area contributed by atoms with Crippen LogP contribution in [0.3, 0.4) is 0 Å². The Morgan fingerprint density at radius 3 is 2.45 bits per heavy atom. The van der Waals surface area contributed by atoms with Gasteiger partial charge in [-0.15, -0.1) is 0 Å². The molecule has 0 saturated carbocycles. The molecule has 6 aromatic rings.